The van der Waals surface area contributed by atoms with E-state index < -0.39 is 19.0 Å². The van der Waals surface area contributed by atoms with Gasteiger partial charge in [-0.25, -0.2) is 8.78 Å². The van der Waals surface area contributed by atoms with Gasteiger partial charge in [0.1, 0.15) is 6.61 Å². The molecule has 0 heterocycles. The summed E-state index contributed by atoms with van der Waals surface area (Å²) in [7, 11) is 0. The Morgan fingerprint density at radius 1 is 1.18 bits per heavy atom. The van der Waals surface area contributed by atoms with Crippen molar-refractivity contribution in [1.82, 2.24) is 0 Å². The smallest absolute Gasteiger partial charge is 0.330 e. The average Bonchev–Trinajstić information content (AvgIpc) is 2.25. The van der Waals surface area contributed by atoms with E-state index in [0.29, 0.717) is 12.3 Å². The van der Waals surface area contributed by atoms with E-state index in [2.05, 4.69) is 4.74 Å². The van der Waals surface area contributed by atoms with Crippen LogP contribution in [0.5, 0.6) is 0 Å². The first kappa shape index (κ1) is 16.6. The topological polar surface area (TPSA) is 35.2 Å². The minimum absolute atomic E-state index is 0.112. The van der Waals surface area contributed by atoms with Crippen LogP contribution in [0.2, 0.25) is 0 Å². The molecule has 17 heavy (non-hydrogen) atoms. The molecule has 0 saturated heterocycles. The fraction of sp³-hybridized carbons (Fsp3) is 1.00. The molecule has 1 unspecified atom stereocenters. The van der Waals surface area contributed by atoms with Crippen molar-refractivity contribution >= 4 is 0 Å². The fourth-order valence-corrected chi connectivity index (χ4v) is 1.53. The Bertz CT molecular complexity index is 198. The van der Waals surface area contributed by atoms with Gasteiger partial charge in [-0.15, -0.1) is 0 Å². The number of rotatable bonds is 9. The quantitative estimate of drug-likeness (QED) is 0.646. The van der Waals surface area contributed by atoms with Crippen LogP contribution in [-0.2, 0) is 4.74 Å². The molecule has 104 valence electrons. The van der Waals surface area contributed by atoms with Crippen molar-refractivity contribution in [2.75, 3.05) is 13.2 Å². The first-order valence-electron chi connectivity index (χ1n) is 5.82. The predicted molar refractivity (Wildman–Crippen MR) is 58.4 cm³/mol. The molecule has 0 aromatic heterocycles. The largest absolute Gasteiger partial charge is 0.373 e. The molecule has 0 aliphatic heterocycles. The van der Waals surface area contributed by atoms with E-state index in [0.717, 1.165) is 12.8 Å². The molecule has 0 amide bonds. The monoisotopic (exact) mass is 259 g/mol. The van der Waals surface area contributed by atoms with Gasteiger partial charge >= 0.3 is 12.3 Å². The number of hydrogen-bond acceptors (Lipinski definition) is 2. The van der Waals surface area contributed by atoms with Gasteiger partial charge in [0.05, 0.1) is 6.61 Å². The summed E-state index contributed by atoms with van der Waals surface area (Å²) in [6.07, 6.45) is -1.13. The predicted octanol–water partition coefficient (Wildman–Crippen LogP) is 3.06. The van der Waals surface area contributed by atoms with E-state index in [1.807, 2.05) is 13.8 Å². The summed E-state index contributed by atoms with van der Waals surface area (Å²) in [5.74, 6) is -3.67. The zero-order valence-electron chi connectivity index (χ0n) is 10.3. The molecule has 0 aliphatic carbocycles. The summed E-state index contributed by atoms with van der Waals surface area (Å²) in [6, 6.07) is -0.381. The summed E-state index contributed by atoms with van der Waals surface area (Å²) < 4.78 is 53.1. The van der Waals surface area contributed by atoms with Crippen molar-refractivity contribution in [2.45, 2.75) is 51.5 Å². The van der Waals surface area contributed by atoms with Crippen LogP contribution in [0.15, 0.2) is 0 Å². The highest BCUT2D eigenvalue weighted by molar-refractivity contribution is 4.70. The van der Waals surface area contributed by atoms with Gasteiger partial charge < -0.3 is 10.5 Å². The molecule has 0 rings (SSSR count). The van der Waals surface area contributed by atoms with Crippen molar-refractivity contribution in [3.05, 3.63) is 0 Å². The normalized spacial score (nSPS) is 14.6. The zero-order chi connectivity index (χ0) is 13.5. The van der Waals surface area contributed by atoms with Crippen molar-refractivity contribution in [2.24, 2.45) is 11.7 Å². The van der Waals surface area contributed by atoms with Gasteiger partial charge in [0.2, 0.25) is 0 Å². The Balaban J connectivity index is 3.81. The number of ether oxygens (including phenoxy) is 1. The Kier molecular flexibility index (Phi) is 7.70. The molecular weight excluding hydrogens is 238 g/mol. The second-order valence-corrected chi connectivity index (χ2v) is 4.26. The average molecular weight is 259 g/mol. The molecule has 0 aromatic carbocycles. The molecule has 0 radical (unpaired) electrons. The maximum absolute atomic E-state index is 12.5. The second-order valence-electron chi connectivity index (χ2n) is 4.26. The Labute approximate surface area is 99.5 Å². The minimum Gasteiger partial charge on any atom is -0.373 e. The van der Waals surface area contributed by atoms with Gasteiger partial charge in [-0.3, -0.25) is 0 Å². The van der Waals surface area contributed by atoms with Gasteiger partial charge in [0.15, 0.2) is 0 Å². The summed E-state index contributed by atoms with van der Waals surface area (Å²) in [5, 5.41) is 0. The lowest BCUT2D eigenvalue weighted by atomic mass is 9.95. The molecule has 1 atom stereocenters. The molecule has 2 nitrogen and oxygen atoms in total. The Morgan fingerprint density at radius 3 is 2.12 bits per heavy atom. The van der Waals surface area contributed by atoms with Crippen LogP contribution >= 0.6 is 0 Å². The zero-order valence-corrected chi connectivity index (χ0v) is 10.3. The van der Waals surface area contributed by atoms with Crippen molar-refractivity contribution in [1.29, 1.82) is 0 Å². The number of hydrogen-bond donors (Lipinski definition) is 1. The summed E-state index contributed by atoms with van der Waals surface area (Å²) >= 11 is 0. The highest BCUT2D eigenvalue weighted by atomic mass is 19.3. The van der Waals surface area contributed by atoms with Crippen LogP contribution in [0.1, 0.15) is 33.1 Å². The maximum atomic E-state index is 12.5. The summed E-state index contributed by atoms with van der Waals surface area (Å²) in [4.78, 5) is 0. The standard InChI is InChI=1S/C11H21F4NO/c1-3-8(4-2)5-9(16)6-17-7-11(14,15)10(12)13/h8-10H,3-7,16H2,1-2H3. The van der Waals surface area contributed by atoms with Gasteiger partial charge in [0.25, 0.3) is 0 Å². The van der Waals surface area contributed by atoms with E-state index in [-0.39, 0.29) is 12.6 Å². The highest BCUT2D eigenvalue weighted by Gasteiger charge is 2.41. The Hall–Kier alpha value is -0.360. The highest BCUT2D eigenvalue weighted by Crippen LogP contribution is 2.23. The molecule has 0 saturated carbocycles. The van der Waals surface area contributed by atoms with Crippen LogP contribution in [0, 0.1) is 5.92 Å². The third-order valence-electron chi connectivity index (χ3n) is 2.74. The van der Waals surface area contributed by atoms with E-state index in [1.165, 1.54) is 0 Å². The van der Waals surface area contributed by atoms with E-state index in [9.17, 15) is 17.6 Å². The maximum Gasteiger partial charge on any atom is 0.330 e. The second kappa shape index (κ2) is 7.87. The van der Waals surface area contributed by atoms with E-state index >= 15 is 0 Å². The lowest BCUT2D eigenvalue weighted by molar-refractivity contribution is -0.166. The first-order chi connectivity index (χ1) is 7.83. The molecule has 0 aromatic rings. The molecule has 0 bridgehead atoms. The number of alkyl halides is 4. The lowest BCUT2D eigenvalue weighted by Crippen LogP contribution is -2.36. The molecule has 0 spiro atoms. The summed E-state index contributed by atoms with van der Waals surface area (Å²) in [5.41, 5.74) is 5.67. The molecular formula is C11H21F4NO. The van der Waals surface area contributed by atoms with Gasteiger partial charge in [-0.2, -0.15) is 8.78 Å². The van der Waals surface area contributed by atoms with Crippen molar-refractivity contribution in [3.63, 3.8) is 0 Å². The van der Waals surface area contributed by atoms with Gasteiger partial charge in [0, 0.05) is 6.04 Å². The van der Waals surface area contributed by atoms with Gasteiger partial charge in [-0.1, -0.05) is 26.7 Å². The van der Waals surface area contributed by atoms with Crippen LogP contribution < -0.4 is 5.73 Å². The van der Waals surface area contributed by atoms with Crippen LogP contribution in [0.4, 0.5) is 17.6 Å². The lowest BCUT2D eigenvalue weighted by Gasteiger charge is -2.20. The van der Waals surface area contributed by atoms with Crippen LogP contribution in [-0.4, -0.2) is 31.6 Å². The summed E-state index contributed by atoms with van der Waals surface area (Å²) in [6.45, 7) is 2.65. The Morgan fingerprint density at radius 2 is 1.71 bits per heavy atom. The van der Waals surface area contributed by atoms with Crippen LogP contribution in [0.25, 0.3) is 0 Å². The fourth-order valence-electron chi connectivity index (χ4n) is 1.53. The van der Waals surface area contributed by atoms with E-state index in [4.69, 9.17) is 5.73 Å². The van der Waals surface area contributed by atoms with Crippen molar-refractivity contribution < 1.29 is 22.3 Å². The molecule has 6 heteroatoms. The third kappa shape index (κ3) is 6.83. The van der Waals surface area contributed by atoms with Crippen molar-refractivity contribution in [3.8, 4) is 0 Å². The molecule has 0 fully saturated rings. The minimum atomic E-state index is -4.09. The third-order valence-corrected chi connectivity index (χ3v) is 2.74. The van der Waals surface area contributed by atoms with E-state index in [1.54, 1.807) is 0 Å². The van der Waals surface area contributed by atoms with Gasteiger partial charge in [-0.05, 0) is 12.3 Å². The van der Waals surface area contributed by atoms with Crippen LogP contribution in [0.3, 0.4) is 0 Å². The number of halogens is 4. The first-order valence-corrected chi connectivity index (χ1v) is 5.82. The SMILES string of the molecule is CCC(CC)CC(N)COCC(F)(F)C(F)F. The molecule has 2 N–H and O–H groups in total. The number of nitrogens with two attached hydrogens (primary N) is 1. The molecule has 0 aliphatic rings.